The van der Waals surface area contributed by atoms with Gasteiger partial charge in [0.25, 0.3) is 0 Å². The van der Waals surface area contributed by atoms with Gasteiger partial charge in [0.2, 0.25) is 0 Å². The van der Waals surface area contributed by atoms with E-state index in [-0.39, 0.29) is 18.1 Å². The molecule has 0 spiro atoms. The maximum absolute atomic E-state index is 11.9. The summed E-state index contributed by atoms with van der Waals surface area (Å²) < 4.78 is 5.22. The van der Waals surface area contributed by atoms with Crippen LogP contribution in [0, 0.1) is 0 Å². The second-order valence-electron chi connectivity index (χ2n) is 5.03. The van der Waals surface area contributed by atoms with Crippen molar-refractivity contribution in [1.82, 2.24) is 4.90 Å². The van der Waals surface area contributed by atoms with Gasteiger partial charge in [0.15, 0.2) is 11.5 Å². The fraction of sp³-hybridized carbons (Fsp3) is 0.235. The van der Waals surface area contributed by atoms with Crippen molar-refractivity contribution in [2.75, 3.05) is 13.6 Å². The minimum absolute atomic E-state index is 0.153. The van der Waals surface area contributed by atoms with Crippen LogP contribution >= 0.6 is 0 Å². The van der Waals surface area contributed by atoms with Crippen molar-refractivity contribution in [2.45, 2.75) is 13.0 Å². The lowest BCUT2D eigenvalue weighted by atomic mass is 10.1. The van der Waals surface area contributed by atoms with Crippen molar-refractivity contribution in [3.63, 3.8) is 0 Å². The number of rotatable bonds is 5. The van der Waals surface area contributed by atoms with Crippen LogP contribution in [-0.4, -0.2) is 34.8 Å². The molecular formula is C17H19NO4. The Labute approximate surface area is 129 Å². The first kappa shape index (κ1) is 15.7. The summed E-state index contributed by atoms with van der Waals surface area (Å²) >= 11 is 0. The normalized spacial score (nSPS) is 10.2. The number of hydrogen-bond donors (Lipinski definition) is 2. The average Bonchev–Trinajstić information content (AvgIpc) is 2.54. The fourth-order valence-electron chi connectivity index (χ4n) is 1.94. The largest absolute Gasteiger partial charge is 0.504 e. The molecule has 0 heterocycles. The third kappa shape index (κ3) is 4.41. The zero-order valence-electron chi connectivity index (χ0n) is 12.4. The lowest BCUT2D eigenvalue weighted by Crippen LogP contribution is -2.29. The molecule has 0 bridgehead atoms. The van der Waals surface area contributed by atoms with Crippen molar-refractivity contribution in [1.29, 1.82) is 0 Å². The molecule has 116 valence electrons. The van der Waals surface area contributed by atoms with E-state index in [1.165, 1.54) is 17.0 Å². The molecule has 5 nitrogen and oxygen atoms in total. The van der Waals surface area contributed by atoms with E-state index < -0.39 is 6.09 Å². The van der Waals surface area contributed by atoms with Gasteiger partial charge in [0.05, 0.1) is 0 Å². The maximum atomic E-state index is 11.9. The zero-order chi connectivity index (χ0) is 15.9. The second-order valence-corrected chi connectivity index (χ2v) is 5.03. The molecule has 2 aromatic rings. The van der Waals surface area contributed by atoms with Crippen LogP contribution in [0.5, 0.6) is 11.5 Å². The number of amides is 1. The second kappa shape index (κ2) is 7.36. The topological polar surface area (TPSA) is 70.0 Å². The van der Waals surface area contributed by atoms with Crippen LogP contribution in [-0.2, 0) is 17.8 Å². The summed E-state index contributed by atoms with van der Waals surface area (Å²) in [7, 11) is 1.66. The number of phenols is 2. The molecule has 22 heavy (non-hydrogen) atoms. The van der Waals surface area contributed by atoms with Gasteiger partial charge in [-0.2, -0.15) is 0 Å². The molecule has 0 aromatic heterocycles. The Kier molecular flexibility index (Phi) is 5.25. The van der Waals surface area contributed by atoms with E-state index in [0.717, 1.165) is 11.1 Å². The van der Waals surface area contributed by atoms with E-state index in [1.54, 1.807) is 13.1 Å². The number of ether oxygens (including phenoxy) is 1. The summed E-state index contributed by atoms with van der Waals surface area (Å²) in [4.78, 5) is 13.4. The highest BCUT2D eigenvalue weighted by atomic mass is 16.6. The Balaban J connectivity index is 1.79. The van der Waals surface area contributed by atoms with E-state index in [2.05, 4.69) is 0 Å². The lowest BCUT2D eigenvalue weighted by Gasteiger charge is -2.17. The van der Waals surface area contributed by atoms with Crippen LogP contribution in [0.3, 0.4) is 0 Å². The van der Waals surface area contributed by atoms with E-state index in [9.17, 15) is 15.0 Å². The highest BCUT2D eigenvalue weighted by Crippen LogP contribution is 2.25. The number of benzene rings is 2. The molecule has 1 amide bonds. The summed E-state index contributed by atoms with van der Waals surface area (Å²) in [5, 5.41) is 18.7. The fourth-order valence-corrected chi connectivity index (χ4v) is 1.94. The van der Waals surface area contributed by atoms with E-state index in [0.29, 0.717) is 13.0 Å². The number of carbonyl (C=O) groups excluding carboxylic acids is 1. The number of phenolic OH excluding ortho intramolecular Hbond substituents is 2. The highest BCUT2D eigenvalue weighted by Gasteiger charge is 2.10. The predicted molar refractivity (Wildman–Crippen MR) is 82.7 cm³/mol. The van der Waals surface area contributed by atoms with E-state index in [4.69, 9.17) is 4.74 Å². The minimum atomic E-state index is -0.396. The first-order valence-corrected chi connectivity index (χ1v) is 6.99. The highest BCUT2D eigenvalue weighted by molar-refractivity contribution is 5.67. The van der Waals surface area contributed by atoms with Gasteiger partial charge in [-0.3, -0.25) is 0 Å². The molecule has 0 unspecified atom stereocenters. The molecule has 2 aromatic carbocycles. The van der Waals surface area contributed by atoms with Crippen molar-refractivity contribution in [2.24, 2.45) is 0 Å². The molecule has 0 atom stereocenters. The van der Waals surface area contributed by atoms with Gasteiger partial charge in [-0.25, -0.2) is 4.79 Å². The van der Waals surface area contributed by atoms with Crippen LogP contribution in [0.2, 0.25) is 0 Å². The molecule has 0 aliphatic rings. The molecule has 5 heteroatoms. The zero-order valence-corrected chi connectivity index (χ0v) is 12.4. The molecule has 2 rings (SSSR count). The van der Waals surface area contributed by atoms with Gasteiger partial charge >= 0.3 is 6.09 Å². The SMILES string of the molecule is CN(CCc1ccc(O)c(O)c1)C(=O)OCc1ccccc1. The van der Waals surface area contributed by atoms with Gasteiger partial charge in [-0.05, 0) is 29.7 Å². The summed E-state index contributed by atoms with van der Waals surface area (Å²) in [5.41, 5.74) is 1.77. The minimum Gasteiger partial charge on any atom is -0.504 e. The van der Waals surface area contributed by atoms with Gasteiger partial charge < -0.3 is 19.8 Å². The van der Waals surface area contributed by atoms with Gasteiger partial charge in [-0.1, -0.05) is 36.4 Å². The Hall–Kier alpha value is -2.69. The number of aromatic hydroxyl groups is 2. The molecule has 0 fully saturated rings. The van der Waals surface area contributed by atoms with Crippen molar-refractivity contribution >= 4 is 6.09 Å². The Morgan fingerprint density at radius 1 is 1.05 bits per heavy atom. The number of likely N-dealkylation sites (N-methyl/N-ethyl adjacent to an activating group) is 1. The average molecular weight is 301 g/mol. The lowest BCUT2D eigenvalue weighted by molar-refractivity contribution is 0.105. The number of hydrogen-bond acceptors (Lipinski definition) is 4. The van der Waals surface area contributed by atoms with Crippen LogP contribution in [0.4, 0.5) is 4.79 Å². The van der Waals surface area contributed by atoms with Gasteiger partial charge in [-0.15, -0.1) is 0 Å². The number of nitrogens with zero attached hydrogens (tertiary/aromatic N) is 1. The molecule has 0 radical (unpaired) electrons. The maximum Gasteiger partial charge on any atom is 0.409 e. The van der Waals surface area contributed by atoms with Gasteiger partial charge in [0, 0.05) is 13.6 Å². The van der Waals surface area contributed by atoms with Crippen LogP contribution < -0.4 is 0 Å². The van der Waals surface area contributed by atoms with Crippen LogP contribution in [0.1, 0.15) is 11.1 Å². The summed E-state index contributed by atoms with van der Waals surface area (Å²) in [5.74, 6) is -0.314. The molecule has 0 saturated heterocycles. The van der Waals surface area contributed by atoms with Crippen molar-refractivity contribution in [3.05, 3.63) is 59.7 Å². The molecule has 0 saturated carbocycles. The third-order valence-corrected chi connectivity index (χ3v) is 3.29. The first-order chi connectivity index (χ1) is 10.6. The molecular weight excluding hydrogens is 282 g/mol. The summed E-state index contributed by atoms with van der Waals surface area (Å²) in [6.07, 6.45) is 0.164. The van der Waals surface area contributed by atoms with Gasteiger partial charge in [0.1, 0.15) is 6.61 Å². The summed E-state index contributed by atoms with van der Waals surface area (Å²) in [6, 6.07) is 14.1. The Morgan fingerprint density at radius 2 is 1.77 bits per heavy atom. The van der Waals surface area contributed by atoms with E-state index in [1.807, 2.05) is 30.3 Å². The third-order valence-electron chi connectivity index (χ3n) is 3.29. The number of carbonyl (C=O) groups is 1. The van der Waals surface area contributed by atoms with Crippen molar-refractivity contribution in [3.8, 4) is 11.5 Å². The quantitative estimate of drug-likeness (QED) is 0.833. The van der Waals surface area contributed by atoms with E-state index >= 15 is 0 Å². The smallest absolute Gasteiger partial charge is 0.409 e. The molecule has 2 N–H and O–H groups in total. The predicted octanol–water partition coefficient (Wildman–Crippen LogP) is 2.91. The van der Waals surface area contributed by atoms with Crippen molar-refractivity contribution < 1.29 is 19.7 Å². The molecule has 0 aliphatic carbocycles. The monoisotopic (exact) mass is 301 g/mol. The molecule has 0 aliphatic heterocycles. The van der Waals surface area contributed by atoms with Crippen LogP contribution in [0.25, 0.3) is 0 Å². The summed E-state index contributed by atoms with van der Waals surface area (Å²) in [6.45, 7) is 0.696. The first-order valence-electron chi connectivity index (χ1n) is 6.99. The Morgan fingerprint density at radius 3 is 2.45 bits per heavy atom. The Bertz CT molecular complexity index is 628. The van der Waals surface area contributed by atoms with Crippen LogP contribution in [0.15, 0.2) is 48.5 Å². The standard InChI is InChI=1S/C17H19NO4/c1-18(10-9-13-7-8-15(19)16(20)11-13)17(21)22-12-14-5-3-2-4-6-14/h2-8,11,19-20H,9-10,12H2,1H3.